The van der Waals surface area contributed by atoms with Crippen molar-refractivity contribution < 1.29 is 9.84 Å². The fourth-order valence-electron chi connectivity index (χ4n) is 2.10. The molecule has 0 aliphatic rings. The maximum atomic E-state index is 9.90. The third-order valence-corrected chi connectivity index (χ3v) is 3.47. The van der Waals surface area contributed by atoms with Gasteiger partial charge in [0.2, 0.25) is 0 Å². The summed E-state index contributed by atoms with van der Waals surface area (Å²) in [6.45, 7) is 10.4. The van der Waals surface area contributed by atoms with Crippen molar-refractivity contribution in [2.45, 2.75) is 26.8 Å². The minimum atomic E-state index is 0.102. The third-order valence-electron chi connectivity index (χ3n) is 3.47. The van der Waals surface area contributed by atoms with E-state index in [9.17, 15) is 5.11 Å². The van der Waals surface area contributed by atoms with Gasteiger partial charge in [-0.25, -0.2) is 0 Å². The van der Waals surface area contributed by atoms with Gasteiger partial charge in [-0.05, 0) is 38.2 Å². The molecule has 2 N–H and O–H groups in total. The van der Waals surface area contributed by atoms with E-state index in [0.717, 1.165) is 37.5 Å². The predicted octanol–water partition coefficient (Wildman–Crippen LogP) is 2.39. The monoisotopic (exact) mass is 266 g/mol. The van der Waals surface area contributed by atoms with Crippen LogP contribution in [0.2, 0.25) is 0 Å². The van der Waals surface area contributed by atoms with Gasteiger partial charge in [-0.15, -0.1) is 0 Å². The molecule has 0 amide bonds. The van der Waals surface area contributed by atoms with Gasteiger partial charge in [0.25, 0.3) is 0 Å². The van der Waals surface area contributed by atoms with Gasteiger partial charge in [0, 0.05) is 24.7 Å². The van der Waals surface area contributed by atoms with Crippen LogP contribution in [-0.4, -0.2) is 43.3 Å². The molecule has 1 aromatic rings. The first-order chi connectivity index (χ1) is 9.12. The van der Waals surface area contributed by atoms with E-state index < -0.39 is 0 Å². The van der Waals surface area contributed by atoms with Gasteiger partial charge in [-0.2, -0.15) is 0 Å². The van der Waals surface area contributed by atoms with Gasteiger partial charge in [0.1, 0.15) is 11.5 Å². The number of hydrogen-bond acceptors (Lipinski definition) is 4. The van der Waals surface area contributed by atoms with E-state index in [-0.39, 0.29) is 6.04 Å². The molecule has 0 heterocycles. The second kappa shape index (κ2) is 8.02. The first-order valence-corrected chi connectivity index (χ1v) is 6.95. The Labute approximate surface area is 116 Å². The zero-order chi connectivity index (χ0) is 14.3. The Morgan fingerprint density at radius 2 is 2.00 bits per heavy atom. The molecule has 0 bridgehead atoms. The van der Waals surface area contributed by atoms with Crippen LogP contribution in [0.15, 0.2) is 18.2 Å². The molecule has 0 aliphatic heterocycles. The van der Waals surface area contributed by atoms with Gasteiger partial charge >= 0.3 is 0 Å². The van der Waals surface area contributed by atoms with Crippen LogP contribution in [0.3, 0.4) is 0 Å². The standard InChI is InChI=1S/C15H26N2O2/c1-5-17(6-2)10-9-16-12(3)14-11-13(19-4)7-8-15(14)18/h7-8,11-12,16,18H,5-6,9-10H2,1-4H3. The van der Waals surface area contributed by atoms with Crippen LogP contribution >= 0.6 is 0 Å². The third kappa shape index (κ3) is 4.73. The Hall–Kier alpha value is -1.26. The summed E-state index contributed by atoms with van der Waals surface area (Å²) in [4.78, 5) is 2.37. The molecule has 0 aliphatic carbocycles. The van der Waals surface area contributed by atoms with E-state index in [4.69, 9.17) is 4.74 Å². The van der Waals surface area contributed by atoms with Crippen molar-refractivity contribution in [2.24, 2.45) is 0 Å². The molecule has 1 atom stereocenters. The number of hydrogen-bond donors (Lipinski definition) is 2. The summed E-state index contributed by atoms with van der Waals surface area (Å²) in [5.41, 5.74) is 0.874. The van der Waals surface area contributed by atoms with E-state index >= 15 is 0 Å². The molecule has 1 unspecified atom stereocenters. The molecule has 1 rings (SSSR count). The second-order valence-electron chi connectivity index (χ2n) is 4.63. The Kier molecular flexibility index (Phi) is 6.67. The number of nitrogens with zero attached hydrogens (tertiary/aromatic N) is 1. The Bertz CT molecular complexity index is 378. The SMILES string of the molecule is CCN(CC)CCNC(C)c1cc(OC)ccc1O. The van der Waals surface area contributed by atoms with Gasteiger partial charge in [0.15, 0.2) is 0 Å². The Morgan fingerprint density at radius 1 is 1.32 bits per heavy atom. The average molecular weight is 266 g/mol. The zero-order valence-corrected chi connectivity index (χ0v) is 12.4. The number of phenolic OH excluding ortho intramolecular Hbond substituents is 1. The lowest BCUT2D eigenvalue weighted by molar-refractivity contribution is 0.297. The highest BCUT2D eigenvalue weighted by atomic mass is 16.5. The highest BCUT2D eigenvalue weighted by Crippen LogP contribution is 2.28. The van der Waals surface area contributed by atoms with Gasteiger partial charge in [-0.1, -0.05) is 13.8 Å². The number of aromatic hydroxyl groups is 1. The second-order valence-corrected chi connectivity index (χ2v) is 4.63. The maximum Gasteiger partial charge on any atom is 0.120 e. The predicted molar refractivity (Wildman–Crippen MR) is 78.9 cm³/mol. The molecule has 0 fully saturated rings. The number of rotatable bonds is 8. The fraction of sp³-hybridized carbons (Fsp3) is 0.600. The molecule has 4 heteroatoms. The van der Waals surface area contributed by atoms with Crippen LogP contribution in [0.4, 0.5) is 0 Å². The quantitative estimate of drug-likeness (QED) is 0.758. The average Bonchev–Trinajstić information content (AvgIpc) is 2.44. The minimum absolute atomic E-state index is 0.102. The number of likely N-dealkylation sites (N-methyl/N-ethyl adjacent to an activating group) is 1. The Balaban J connectivity index is 2.55. The van der Waals surface area contributed by atoms with Crippen molar-refractivity contribution in [1.82, 2.24) is 10.2 Å². The van der Waals surface area contributed by atoms with Crippen LogP contribution in [0.1, 0.15) is 32.4 Å². The number of benzene rings is 1. The van der Waals surface area contributed by atoms with Crippen LogP contribution in [0.25, 0.3) is 0 Å². The highest BCUT2D eigenvalue weighted by Gasteiger charge is 2.11. The van der Waals surface area contributed by atoms with Crippen LogP contribution in [-0.2, 0) is 0 Å². The van der Waals surface area contributed by atoms with E-state index in [1.165, 1.54) is 0 Å². The summed E-state index contributed by atoms with van der Waals surface area (Å²) >= 11 is 0. The molecular formula is C15H26N2O2. The summed E-state index contributed by atoms with van der Waals surface area (Å²) in [7, 11) is 1.63. The largest absolute Gasteiger partial charge is 0.508 e. The van der Waals surface area contributed by atoms with Crippen molar-refractivity contribution in [3.05, 3.63) is 23.8 Å². The molecule has 0 radical (unpaired) electrons. The van der Waals surface area contributed by atoms with Crippen molar-refractivity contribution in [3.63, 3.8) is 0 Å². The topological polar surface area (TPSA) is 44.7 Å². The normalized spacial score (nSPS) is 12.7. The lowest BCUT2D eigenvalue weighted by atomic mass is 10.1. The number of methoxy groups -OCH3 is 1. The van der Waals surface area contributed by atoms with Crippen molar-refractivity contribution in [3.8, 4) is 11.5 Å². The summed E-state index contributed by atoms with van der Waals surface area (Å²) in [6, 6.07) is 5.42. The molecule has 0 spiro atoms. The molecule has 0 saturated heterocycles. The zero-order valence-electron chi connectivity index (χ0n) is 12.4. The first kappa shape index (κ1) is 15.8. The molecule has 4 nitrogen and oxygen atoms in total. The number of phenols is 1. The molecule has 1 aromatic carbocycles. The molecular weight excluding hydrogens is 240 g/mol. The minimum Gasteiger partial charge on any atom is -0.508 e. The molecule has 19 heavy (non-hydrogen) atoms. The van der Waals surface area contributed by atoms with Crippen molar-refractivity contribution in [1.29, 1.82) is 0 Å². The lowest BCUT2D eigenvalue weighted by Gasteiger charge is -2.21. The Morgan fingerprint density at radius 3 is 2.58 bits per heavy atom. The van der Waals surface area contributed by atoms with E-state index in [1.807, 2.05) is 6.07 Å². The highest BCUT2D eigenvalue weighted by molar-refractivity contribution is 5.41. The lowest BCUT2D eigenvalue weighted by Crippen LogP contribution is -2.33. The van der Waals surface area contributed by atoms with Crippen LogP contribution in [0.5, 0.6) is 11.5 Å². The summed E-state index contributed by atoms with van der Waals surface area (Å²) in [5.74, 6) is 1.08. The smallest absolute Gasteiger partial charge is 0.120 e. The maximum absolute atomic E-state index is 9.90. The van der Waals surface area contributed by atoms with Gasteiger partial charge in [-0.3, -0.25) is 0 Å². The summed E-state index contributed by atoms with van der Waals surface area (Å²) in [6.07, 6.45) is 0. The van der Waals surface area contributed by atoms with Crippen molar-refractivity contribution in [2.75, 3.05) is 33.3 Å². The number of nitrogens with one attached hydrogen (secondary N) is 1. The molecule has 0 aromatic heterocycles. The first-order valence-electron chi connectivity index (χ1n) is 6.95. The van der Waals surface area contributed by atoms with Gasteiger partial charge in [0.05, 0.1) is 7.11 Å². The van der Waals surface area contributed by atoms with Crippen molar-refractivity contribution >= 4 is 0 Å². The molecule has 0 saturated carbocycles. The van der Waals surface area contributed by atoms with E-state index in [2.05, 4.69) is 31.0 Å². The van der Waals surface area contributed by atoms with Gasteiger partial charge < -0.3 is 20.1 Å². The van der Waals surface area contributed by atoms with Crippen LogP contribution in [0, 0.1) is 0 Å². The van der Waals surface area contributed by atoms with Crippen LogP contribution < -0.4 is 10.1 Å². The summed E-state index contributed by atoms with van der Waals surface area (Å²) < 4.78 is 5.19. The summed E-state index contributed by atoms with van der Waals surface area (Å²) in [5, 5.41) is 13.3. The molecule has 108 valence electrons. The van der Waals surface area contributed by atoms with E-state index in [1.54, 1.807) is 19.2 Å². The fourth-order valence-corrected chi connectivity index (χ4v) is 2.10. The number of ether oxygens (including phenoxy) is 1. The van der Waals surface area contributed by atoms with E-state index in [0.29, 0.717) is 5.75 Å².